The summed E-state index contributed by atoms with van der Waals surface area (Å²) in [4.78, 5) is 4.06. The molecule has 0 aliphatic carbocycles. The van der Waals surface area contributed by atoms with Crippen molar-refractivity contribution in [3.8, 4) is 0 Å². The first-order valence-electron chi connectivity index (χ1n) is 5.66. The molecule has 2 rings (SSSR count). The Hall–Kier alpha value is -1.41. The number of aromatic nitrogens is 1. The van der Waals surface area contributed by atoms with Crippen LogP contribution in [0.1, 0.15) is 6.92 Å². The van der Waals surface area contributed by atoms with E-state index in [2.05, 4.69) is 4.98 Å². The van der Waals surface area contributed by atoms with Gasteiger partial charge in [-0.1, -0.05) is 6.92 Å². The van der Waals surface area contributed by atoms with Gasteiger partial charge in [0.25, 0.3) is 5.22 Å². The van der Waals surface area contributed by atoms with Crippen molar-refractivity contribution in [2.45, 2.75) is 12.1 Å². The van der Waals surface area contributed by atoms with Gasteiger partial charge in [-0.2, -0.15) is 0 Å². The van der Waals surface area contributed by atoms with Crippen LogP contribution < -0.4 is 5.73 Å². The van der Waals surface area contributed by atoms with Gasteiger partial charge in [0, 0.05) is 17.2 Å². The molecule has 0 saturated carbocycles. The van der Waals surface area contributed by atoms with Gasteiger partial charge in [0.05, 0.1) is 5.75 Å². The SMILES string of the molecule is CCS(=O)(=O)CCS(=O)c1nc2cc(N)ccc2o1. The van der Waals surface area contributed by atoms with Crippen molar-refractivity contribution in [1.29, 1.82) is 0 Å². The standard InChI is InChI=1S/C11H14N2O4S2/c1-2-19(15,16)6-5-18(14)11-13-9-7-8(12)3-4-10(9)17-11/h3-4,7H,2,5-6,12H2,1H3. The molecule has 1 unspecified atom stereocenters. The zero-order chi connectivity index (χ0) is 14.0. The number of benzene rings is 1. The quantitative estimate of drug-likeness (QED) is 0.825. The van der Waals surface area contributed by atoms with Crippen molar-refractivity contribution in [2.75, 3.05) is 23.0 Å². The van der Waals surface area contributed by atoms with Crippen LogP contribution in [0.5, 0.6) is 0 Å². The van der Waals surface area contributed by atoms with Gasteiger partial charge in [-0.15, -0.1) is 0 Å². The maximum Gasteiger partial charge on any atom is 0.287 e. The van der Waals surface area contributed by atoms with Crippen molar-refractivity contribution in [3.63, 3.8) is 0 Å². The smallest absolute Gasteiger partial charge is 0.287 e. The number of nitrogen functional groups attached to an aromatic ring is 1. The molecule has 0 amide bonds. The largest absolute Gasteiger partial charge is 0.430 e. The van der Waals surface area contributed by atoms with Gasteiger partial charge in [0.1, 0.15) is 16.3 Å². The Labute approximate surface area is 113 Å². The molecule has 0 spiro atoms. The topological polar surface area (TPSA) is 103 Å². The Morgan fingerprint density at radius 3 is 2.84 bits per heavy atom. The molecule has 0 aliphatic heterocycles. The second-order valence-corrected chi connectivity index (χ2v) is 7.91. The molecule has 104 valence electrons. The summed E-state index contributed by atoms with van der Waals surface area (Å²) >= 11 is 0. The fraction of sp³-hybridized carbons (Fsp3) is 0.364. The first-order valence-corrected chi connectivity index (χ1v) is 8.80. The second kappa shape index (κ2) is 5.30. The van der Waals surface area contributed by atoms with Gasteiger partial charge < -0.3 is 10.2 Å². The maximum atomic E-state index is 11.9. The molecule has 0 fully saturated rings. The number of fused-ring (bicyclic) bond motifs is 1. The molecule has 2 aromatic rings. The summed E-state index contributed by atoms with van der Waals surface area (Å²) in [5.74, 6) is -0.121. The molecule has 1 heterocycles. The summed E-state index contributed by atoms with van der Waals surface area (Å²) in [7, 11) is -4.71. The molecule has 8 heteroatoms. The van der Waals surface area contributed by atoms with Crippen LogP contribution in [0, 0.1) is 0 Å². The average molecular weight is 302 g/mol. The minimum Gasteiger partial charge on any atom is -0.430 e. The number of hydrogen-bond donors (Lipinski definition) is 1. The first-order chi connectivity index (χ1) is 8.91. The lowest BCUT2D eigenvalue weighted by molar-refractivity contribution is 0.478. The normalized spacial score (nSPS) is 13.7. The number of sulfone groups is 1. The van der Waals surface area contributed by atoms with E-state index in [4.69, 9.17) is 10.2 Å². The molecule has 1 atom stereocenters. The zero-order valence-corrected chi connectivity index (χ0v) is 12.0. The van der Waals surface area contributed by atoms with Gasteiger partial charge in [0.15, 0.2) is 15.4 Å². The van der Waals surface area contributed by atoms with Crippen molar-refractivity contribution < 1.29 is 17.0 Å². The Morgan fingerprint density at radius 2 is 2.16 bits per heavy atom. The highest BCUT2D eigenvalue weighted by molar-refractivity contribution is 7.93. The lowest BCUT2D eigenvalue weighted by atomic mass is 10.3. The van der Waals surface area contributed by atoms with Crippen molar-refractivity contribution in [1.82, 2.24) is 4.98 Å². The highest BCUT2D eigenvalue weighted by Crippen LogP contribution is 2.20. The third-order valence-electron chi connectivity index (χ3n) is 2.61. The van der Waals surface area contributed by atoms with E-state index >= 15 is 0 Å². The van der Waals surface area contributed by atoms with Crippen molar-refractivity contribution >= 4 is 37.4 Å². The summed E-state index contributed by atoms with van der Waals surface area (Å²) < 4.78 is 39.9. The molecular formula is C11H14N2O4S2. The second-order valence-electron chi connectivity index (χ2n) is 3.99. The molecule has 0 saturated heterocycles. The van der Waals surface area contributed by atoms with Gasteiger partial charge in [-0.25, -0.2) is 17.6 Å². The predicted octanol–water partition coefficient (Wildman–Crippen LogP) is 0.952. The van der Waals surface area contributed by atoms with E-state index < -0.39 is 20.6 Å². The Bertz CT molecular complexity index is 721. The fourth-order valence-corrected chi connectivity index (χ4v) is 3.92. The molecule has 0 radical (unpaired) electrons. The van der Waals surface area contributed by atoms with E-state index in [0.29, 0.717) is 16.8 Å². The number of rotatable bonds is 5. The van der Waals surface area contributed by atoms with Crippen LogP contribution in [0.2, 0.25) is 0 Å². The van der Waals surface area contributed by atoms with Crippen molar-refractivity contribution in [2.24, 2.45) is 0 Å². The Morgan fingerprint density at radius 1 is 1.42 bits per heavy atom. The summed E-state index contributed by atoms with van der Waals surface area (Å²) in [5, 5.41) is 0.0342. The minimum atomic E-state index is -3.14. The molecule has 1 aromatic carbocycles. The lowest BCUT2D eigenvalue weighted by Crippen LogP contribution is -2.15. The van der Waals surface area contributed by atoms with Gasteiger partial charge >= 0.3 is 0 Å². The lowest BCUT2D eigenvalue weighted by Gasteiger charge is -1.98. The molecule has 0 bridgehead atoms. The highest BCUT2D eigenvalue weighted by atomic mass is 32.2. The van der Waals surface area contributed by atoms with E-state index in [1.807, 2.05) is 0 Å². The van der Waals surface area contributed by atoms with Gasteiger partial charge in [-0.05, 0) is 18.2 Å². The third kappa shape index (κ3) is 3.32. The van der Waals surface area contributed by atoms with Crippen LogP contribution in [0.3, 0.4) is 0 Å². The van der Waals surface area contributed by atoms with E-state index in [0.717, 1.165) is 0 Å². The number of hydrogen-bond acceptors (Lipinski definition) is 6. The first kappa shape index (κ1) is 14.0. The monoisotopic (exact) mass is 302 g/mol. The maximum absolute atomic E-state index is 11.9. The van der Waals surface area contributed by atoms with Crippen LogP contribution in [0.15, 0.2) is 27.8 Å². The minimum absolute atomic E-state index is 0.0154. The molecule has 0 aliphatic rings. The van der Waals surface area contributed by atoms with E-state index in [1.165, 1.54) is 0 Å². The number of nitrogens with two attached hydrogens (primary N) is 1. The molecule has 19 heavy (non-hydrogen) atoms. The van der Waals surface area contributed by atoms with Crippen molar-refractivity contribution in [3.05, 3.63) is 18.2 Å². The van der Waals surface area contributed by atoms with Gasteiger partial charge in [-0.3, -0.25) is 0 Å². The predicted molar refractivity (Wildman–Crippen MR) is 74.0 cm³/mol. The number of oxazole rings is 1. The Balaban J connectivity index is 2.18. The van der Waals surface area contributed by atoms with Crippen LogP contribution in [0.25, 0.3) is 11.1 Å². The van der Waals surface area contributed by atoms with E-state index in [9.17, 15) is 12.6 Å². The Kier molecular flexibility index (Phi) is 3.91. The summed E-state index contributed by atoms with van der Waals surface area (Å²) in [6.07, 6.45) is 0. The molecule has 6 nitrogen and oxygen atoms in total. The van der Waals surface area contributed by atoms with E-state index in [-0.39, 0.29) is 22.5 Å². The molecule has 2 N–H and O–H groups in total. The van der Waals surface area contributed by atoms with Crippen LogP contribution in [-0.2, 0) is 20.6 Å². The average Bonchev–Trinajstić information content (AvgIpc) is 2.79. The zero-order valence-electron chi connectivity index (χ0n) is 10.3. The third-order valence-corrected chi connectivity index (χ3v) is 5.71. The molecule has 1 aromatic heterocycles. The summed E-state index contributed by atoms with van der Waals surface area (Å²) in [5.41, 5.74) is 7.14. The summed E-state index contributed by atoms with van der Waals surface area (Å²) in [6, 6.07) is 4.91. The summed E-state index contributed by atoms with van der Waals surface area (Å²) in [6.45, 7) is 1.56. The molecular weight excluding hydrogens is 288 g/mol. The number of anilines is 1. The van der Waals surface area contributed by atoms with Crippen LogP contribution >= 0.6 is 0 Å². The number of nitrogens with zero attached hydrogens (tertiary/aromatic N) is 1. The van der Waals surface area contributed by atoms with Gasteiger partial charge in [0.2, 0.25) is 0 Å². The highest BCUT2D eigenvalue weighted by Gasteiger charge is 2.16. The van der Waals surface area contributed by atoms with Crippen LogP contribution in [-0.4, -0.2) is 34.9 Å². The fourth-order valence-electron chi connectivity index (χ4n) is 1.45. The van der Waals surface area contributed by atoms with Crippen LogP contribution in [0.4, 0.5) is 5.69 Å². The van der Waals surface area contributed by atoms with E-state index in [1.54, 1.807) is 25.1 Å².